The molecule has 0 atom stereocenters. The zero-order valence-electron chi connectivity index (χ0n) is 14.8. The van der Waals surface area contributed by atoms with Crippen LogP contribution >= 0.6 is 11.3 Å². The van der Waals surface area contributed by atoms with Gasteiger partial charge in [-0.15, -0.1) is 11.3 Å². The summed E-state index contributed by atoms with van der Waals surface area (Å²) < 4.78 is 5.17. The Kier molecular flexibility index (Phi) is 5.68. The number of methoxy groups -OCH3 is 1. The van der Waals surface area contributed by atoms with Gasteiger partial charge in [-0.25, -0.2) is 4.98 Å². The molecule has 0 saturated carbocycles. The molecule has 1 aliphatic rings. The molecule has 1 aliphatic heterocycles. The summed E-state index contributed by atoms with van der Waals surface area (Å²) >= 11 is 1.56. The number of hydrogen-bond donors (Lipinski definition) is 0. The van der Waals surface area contributed by atoms with E-state index in [9.17, 15) is 9.59 Å². The lowest BCUT2D eigenvalue weighted by Gasteiger charge is -2.34. The van der Waals surface area contributed by atoms with Gasteiger partial charge < -0.3 is 14.5 Å². The molecule has 0 N–H and O–H groups in total. The van der Waals surface area contributed by atoms with Crippen molar-refractivity contribution in [3.8, 4) is 5.75 Å². The van der Waals surface area contributed by atoms with E-state index in [1.807, 2.05) is 18.4 Å². The Labute approximate surface area is 156 Å². The SMILES string of the molecule is COc1cccc(C(=O)N2CCN(C(=O)/C=C/c3csc(C)n3)CC2)c1. The number of aromatic nitrogens is 1. The molecule has 0 bridgehead atoms. The lowest BCUT2D eigenvalue weighted by atomic mass is 10.1. The normalized spacial score (nSPS) is 14.7. The maximum Gasteiger partial charge on any atom is 0.254 e. The molecule has 2 aromatic rings. The number of piperazine rings is 1. The topological polar surface area (TPSA) is 62.7 Å². The molecular formula is C19H21N3O3S. The summed E-state index contributed by atoms with van der Waals surface area (Å²) in [6.07, 6.45) is 3.29. The van der Waals surface area contributed by atoms with E-state index in [-0.39, 0.29) is 11.8 Å². The number of benzene rings is 1. The number of hydrogen-bond acceptors (Lipinski definition) is 5. The van der Waals surface area contributed by atoms with Crippen molar-refractivity contribution in [2.24, 2.45) is 0 Å². The number of thiazole rings is 1. The van der Waals surface area contributed by atoms with Gasteiger partial charge in [-0.05, 0) is 31.2 Å². The quantitative estimate of drug-likeness (QED) is 0.775. The van der Waals surface area contributed by atoms with Crippen LogP contribution in [0.5, 0.6) is 5.75 Å². The number of ether oxygens (including phenoxy) is 1. The van der Waals surface area contributed by atoms with Gasteiger partial charge in [-0.1, -0.05) is 6.07 Å². The van der Waals surface area contributed by atoms with Crippen molar-refractivity contribution in [1.29, 1.82) is 0 Å². The Bertz CT molecular complexity index is 823. The van der Waals surface area contributed by atoms with Gasteiger partial charge in [0.25, 0.3) is 5.91 Å². The summed E-state index contributed by atoms with van der Waals surface area (Å²) in [6.45, 7) is 4.02. The van der Waals surface area contributed by atoms with Crippen LogP contribution in [0.1, 0.15) is 21.1 Å². The zero-order valence-corrected chi connectivity index (χ0v) is 15.7. The van der Waals surface area contributed by atoms with E-state index in [0.29, 0.717) is 37.5 Å². The number of nitrogens with zero attached hydrogens (tertiary/aromatic N) is 3. The van der Waals surface area contributed by atoms with E-state index in [2.05, 4.69) is 4.98 Å². The molecule has 1 aromatic heterocycles. The maximum atomic E-state index is 12.6. The molecule has 0 spiro atoms. The monoisotopic (exact) mass is 371 g/mol. The molecule has 1 saturated heterocycles. The molecule has 1 aromatic carbocycles. The van der Waals surface area contributed by atoms with E-state index >= 15 is 0 Å². The Morgan fingerprint density at radius 1 is 1.19 bits per heavy atom. The Hall–Kier alpha value is -2.67. The summed E-state index contributed by atoms with van der Waals surface area (Å²) in [5.74, 6) is 0.570. The minimum atomic E-state index is -0.0517. The molecule has 0 radical (unpaired) electrons. The molecule has 2 heterocycles. The second-order valence-corrected chi connectivity index (χ2v) is 7.04. The van der Waals surface area contributed by atoms with Crippen LogP contribution in [0.15, 0.2) is 35.7 Å². The average molecular weight is 371 g/mol. The van der Waals surface area contributed by atoms with Crippen LogP contribution in [0.4, 0.5) is 0 Å². The van der Waals surface area contributed by atoms with Gasteiger partial charge in [-0.2, -0.15) is 0 Å². The molecule has 6 nitrogen and oxygen atoms in total. The largest absolute Gasteiger partial charge is 0.497 e. The fraction of sp³-hybridized carbons (Fsp3) is 0.316. The van der Waals surface area contributed by atoms with E-state index in [1.165, 1.54) is 0 Å². The fourth-order valence-electron chi connectivity index (χ4n) is 2.79. The van der Waals surface area contributed by atoms with Crippen molar-refractivity contribution in [3.63, 3.8) is 0 Å². The smallest absolute Gasteiger partial charge is 0.254 e. The summed E-state index contributed by atoms with van der Waals surface area (Å²) in [6, 6.07) is 7.12. The standard InChI is InChI=1S/C19H21N3O3S/c1-14-20-16(13-26-14)6-7-18(23)21-8-10-22(11-9-21)19(24)15-4-3-5-17(12-15)25-2/h3-7,12-13H,8-11H2,1-2H3/b7-6+. The second-order valence-electron chi connectivity index (χ2n) is 5.97. The van der Waals surface area contributed by atoms with Gasteiger partial charge in [0.15, 0.2) is 0 Å². The zero-order chi connectivity index (χ0) is 18.5. The third-order valence-corrected chi connectivity index (χ3v) is 5.02. The fourth-order valence-corrected chi connectivity index (χ4v) is 3.37. The third-order valence-electron chi connectivity index (χ3n) is 4.23. The van der Waals surface area contributed by atoms with Crippen LogP contribution in [0.25, 0.3) is 6.08 Å². The highest BCUT2D eigenvalue weighted by molar-refractivity contribution is 7.09. The number of amides is 2. The van der Waals surface area contributed by atoms with Crippen LogP contribution in [0.2, 0.25) is 0 Å². The lowest BCUT2D eigenvalue weighted by molar-refractivity contribution is -0.127. The highest BCUT2D eigenvalue weighted by Gasteiger charge is 2.24. The van der Waals surface area contributed by atoms with Crippen molar-refractivity contribution in [2.45, 2.75) is 6.92 Å². The molecule has 1 fully saturated rings. The molecule has 7 heteroatoms. The molecule has 136 valence electrons. The van der Waals surface area contributed by atoms with Gasteiger partial charge in [0.05, 0.1) is 17.8 Å². The van der Waals surface area contributed by atoms with Crippen LogP contribution in [0.3, 0.4) is 0 Å². The van der Waals surface area contributed by atoms with Gasteiger partial charge in [0.1, 0.15) is 5.75 Å². The highest BCUT2D eigenvalue weighted by Crippen LogP contribution is 2.16. The summed E-state index contributed by atoms with van der Waals surface area (Å²) in [7, 11) is 1.58. The number of carbonyl (C=O) groups excluding carboxylic acids is 2. The van der Waals surface area contributed by atoms with Crippen molar-refractivity contribution in [2.75, 3.05) is 33.3 Å². The van der Waals surface area contributed by atoms with Crippen molar-refractivity contribution < 1.29 is 14.3 Å². The van der Waals surface area contributed by atoms with E-state index in [1.54, 1.807) is 58.6 Å². The predicted octanol–water partition coefficient (Wildman–Crippen LogP) is 2.46. The molecule has 0 aliphatic carbocycles. The number of carbonyl (C=O) groups is 2. The minimum Gasteiger partial charge on any atom is -0.497 e. The van der Waals surface area contributed by atoms with Crippen LogP contribution in [0, 0.1) is 6.92 Å². The van der Waals surface area contributed by atoms with Crippen LogP contribution in [-0.4, -0.2) is 59.9 Å². The highest BCUT2D eigenvalue weighted by atomic mass is 32.1. The van der Waals surface area contributed by atoms with E-state index in [4.69, 9.17) is 4.74 Å². The Morgan fingerprint density at radius 2 is 1.92 bits per heavy atom. The Morgan fingerprint density at radius 3 is 2.58 bits per heavy atom. The first-order valence-corrected chi connectivity index (χ1v) is 9.27. The van der Waals surface area contributed by atoms with Crippen LogP contribution < -0.4 is 4.74 Å². The van der Waals surface area contributed by atoms with Gasteiger partial charge in [0, 0.05) is 43.2 Å². The molecule has 26 heavy (non-hydrogen) atoms. The second kappa shape index (κ2) is 8.14. The Balaban J connectivity index is 1.55. The summed E-state index contributed by atoms with van der Waals surface area (Å²) in [4.78, 5) is 32.7. The number of rotatable bonds is 4. The average Bonchev–Trinajstić information content (AvgIpc) is 3.11. The van der Waals surface area contributed by atoms with Crippen molar-refractivity contribution in [3.05, 3.63) is 52.0 Å². The van der Waals surface area contributed by atoms with E-state index in [0.717, 1.165) is 10.7 Å². The first kappa shape index (κ1) is 18.1. The van der Waals surface area contributed by atoms with Crippen molar-refractivity contribution >= 4 is 29.2 Å². The summed E-state index contributed by atoms with van der Waals surface area (Å²) in [5, 5.41) is 2.89. The maximum absolute atomic E-state index is 12.6. The number of aryl methyl sites for hydroxylation is 1. The first-order chi connectivity index (χ1) is 12.6. The minimum absolute atomic E-state index is 0.0375. The van der Waals surface area contributed by atoms with Crippen molar-refractivity contribution in [1.82, 2.24) is 14.8 Å². The summed E-state index contributed by atoms with van der Waals surface area (Å²) in [5.41, 5.74) is 1.40. The lowest BCUT2D eigenvalue weighted by Crippen LogP contribution is -2.50. The van der Waals surface area contributed by atoms with Crippen LogP contribution in [-0.2, 0) is 4.79 Å². The molecular weight excluding hydrogens is 350 g/mol. The third kappa shape index (κ3) is 4.29. The molecule has 3 rings (SSSR count). The van der Waals surface area contributed by atoms with Gasteiger partial charge >= 0.3 is 0 Å². The molecule has 2 amide bonds. The van der Waals surface area contributed by atoms with Gasteiger partial charge in [0.2, 0.25) is 5.91 Å². The predicted molar refractivity (Wildman–Crippen MR) is 101 cm³/mol. The van der Waals surface area contributed by atoms with E-state index < -0.39 is 0 Å². The first-order valence-electron chi connectivity index (χ1n) is 8.39. The molecule has 0 unspecified atom stereocenters. The van der Waals surface area contributed by atoms with Gasteiger partial charge in [-0.3, -0.25) is 9.59 Å².